The van der Waals surface area contributed by atoms with E-state index in [0.717, 1.165) is 28.1 Å². The lowest BCUT2D eigenvalue weighted by Crippen LogP contribution is -1.93. The number of methoxy groups -OCH3 is 1. The zero-order chi connectivity index (χ0) is 14.7. The lowest BCUT2D eigenvalue weighted by Gasteiger charge is -2.07. The Morgan fingerprint density at radius 3 is 2.62 bits per heavy atom. The molecular formula is C17H17N3O. The van der Waals surface area contributed by atoms with Crippen molar-refractivity contribution in [2.24, 2.45) is 7.05 Å². The van der Waals surface area contributed by atoms with Crippen molar-refractivity contribution in [3.63, 3.8) is 0 Å². The van der Waals surface area contributed by atoms with E-state index in [-0.39, 0.29) is 0 Å². The average molecular weight is 279 g/mol. The maximum absolute atomic E-state index is 5.44. The molecule has 0 aliphatic heterocycles. The number of para-hydroxylation sites is 1. The Morgan fingerprint density at radius 1 is 1.05 bits per heavy atom. The summed E-state index contributed by atoms with van der Waals surface area (Å²) in [6, 6.07) is 10.4. The Labute approximate surface area is 122 Å². The van der Waals surface area contributed by atoms with Gasteiger partial charge in [0.2, 0.25) is 5.78 Å². The molecule has 106 valence electrons. The Bertz CT molecular complexity index is 1010. The molecule has 0 radical (unpaired) electrons. The minimum atomic E-state index is 0.909. The maximum Gasteiger partial charge on any atom is 0.215 e. The van der Waals surface area contributed by atoms with E-state index in [1.54, 1.807) is 7.11 Å². The minimum Gasteiger partial charge on any atom is -0.496 e. The Hall–Kier alpha value is -2.49. The largest absolute Gasteiger partial charge is 0.496 e. The van der Waals surface area contributed by atoms with Crippen molar-refractivity contribution < 1.29 is 4.74 Å². The third-order valence-electron chi connectivity index (χ3n) is 4.33. The molecular weight excluding hydrogens is 262 g/mol. The lowest BCUT2D eigenvalue weighted by molar-refractivity contribution is 0.412. The molecule has 4 heteroatoms. The summed E-state index contributed by atoms with van der Waals surface area (Å²) in [5.74, 6) is 1.87. The van der Waals surface area contributed by atoms with Crippen LogP contribution in [0.4, 0.5) is 0 Å². The van der Waals surface area contributed by atoms with Crippen LogP contribution in [0.25, 0.3) is 27.8 Å². The van der Waals surface area contributed by atoms with Crippen molar-refractivity contribution in [1.82, 2.24) is 14.0 Å². The number of imidazole rings is 2. The van der Waals surface area contributed by atoms with E-state index in [1.807, 2.05) is 6.07 Å². The molecule has 21 heavy (non-hydrogen) atoms. The van der Waals surface area contributed by atoms with Crippen molar-refractivity contribution in [3.05, 3.63) is 41.5 Å². The molecule has 0 unspecified atom stereocenters. The summed E-state index contributed by atoms with van der Waals surface area (Å²) >= 11 is 0. The summed E-state index contributed by atoms with van der Waals surface area (Å²) in [5, 5.41) is 0. The Morgan fingerprint density at radius 2 is 1.86 bits per heavy atom. The molecule has 2 heterocycles. The van der Waals surface area contributed by atoms with E-state index in [4.69, 9.17) is 9.72 Å². The van der Waals surface area contributed by atoms with Crippen LogP contribution in [0.1, 0.15) is 11.1 Å². The van der Waals surface area contributed by atoms with Crippen LogP contribution in [0.15, 0.2) is 30.3 Å². The molecule has 0 bridgehead atoms. The number of aromatic nitrogens is 3. The average Bonchev–Trinajstić information content (AvgIpc) is 2.98. The number of hydrogen-bond donors (Lipinski definition) is 0. The van der Waals surface area contributed by atoms with Gasteiger partial charge in [-0.2, -0.15) is 0 Å². The van der Waals surface area contributed by atoms with E-state index in [0.29, 0.717) is 0 Å². The SMILES string of the molecule is COc1ccc2c(c1C)n(C)c1nc3c(C)cccc3n21. The summed E-state index contributed by atoms with van der Waals surface area (Å²) in [4.78, 5) is 4.83. The highest BCUT2D eigenvalue weighted by molar-refractivity contribution is 5.93. The number of aryl methyl sites for hydroxylation is 3. The van der Waals surface area contributed by atoms with Crippen LogP contribution >= 0.6 is 0 Å². The van der Waals surface area contributed by atoms with Crippen molar-refractivity contribution in [3.8, 4) is 5.75 Å². The second-order valence-electron chi connectivity index (χ2n) is 5.51. The molecule has 4 nitrogen and oxygen atoms in total. The lowest BCUT2D eigenvalue weighted by atomic mass is 10.1. The van der Waals surface area contributed by atoms with Crippen molar-refractivity contribution in [2.45, 2.75) is 13.8 Å². The van der Waals surface area contributed by atoms with Crippen molar-refractivity contribution >= 4 is 27.8 Å². The summed E-state index contributed by atoms with van der Waals surface area (Å²) in [7, 11) is 3.77. The monoisotopic (exact) mass is 279 g/mol. The van der Waals surface area contributed by atoms with E-state index < -0.39 is 0 Å². The number of rotatable bonds is 1. The van der Waals surface area contributed by atoms with Crippen LogP contribution in [-0.2, 0) is 7.05 Å². The summed E-state index contributed by atoms with van der Waals surface area (Å²) < 4.78 is 9.82. The van der Waals surface area contributed by atoms with Gasteiger partial charge >= 0.3 is 0 Å². The van der Waals surface area contributed by atoms with E-state index in [2.05, 4.69) is 54.1 Å². The molecule has 0 amide bonds. The highest BCUT2D eigenvalue weighted by Gasteiger charge is 2.17. The highest BCUT2D eigenvalue weighted by Crippen LogP contribution is 2.32. The molecule has 0 saturated carbocycles. The van der Waals surface area contributed by atoms with Crippen LogP contribution < -0.4 is 4.74 Å². The standard InChI is InChI=1S/C17H17N3O/c1-10-6-5-7-12-15(10)18-17-19(3)16-11(2)14(21-4)9-8-13(16)20(12)17/h5-9H,1-4H3. The second-order valence-corrected chi connectivity index (χ2v) is 5.51. The van der Waals surface area contributed by atoms with Gasteiger partial charge in [0.05, 0.1) is 29.2 Å². The van der Waals surface area contributed by atoms with E-state index in [1.165, 1.54) is 16.6 Å². The van der Waals surface area contributed by atoms with E-state index >= 15 is 0 Å². The second kappa shape index (κ2) is 4.01. The summed E-state index contributed by atoms with van der Waals surface area (Å²) in [6.07, 6.45) is 0. The van der Waals surface area contributed by atoms with Crippen LogP contribution in [0, 0.1) is 13.8 Å². The topological polar surface area (TPSA) is 31.5 Å². The van der Waals surface area contributed by atoms with Gasteiger partial charge in [0, 0.05) is 12.6 Å². The fourth-order valence-electron chi connectivity index (χ4n) is 3.28. The fraction of sp³-hybridized carbons (Fsp3) is 0.235. The van der Waals surface area contributed by atoms with Gasteiger partial charge in [-0.3, -0.25) is 4.40 Å². The fourth-order valence-corrected chi connectivity index (χ4v) is 3.28. The first-order valence-corrected chi connectivity index (χ1v) is 7.03. The number of hydrogen-bond acceptors (Lipinski definition) is 2. The smallest absolute Gasteiger partial charge is 0.215 e. The normalized spacial score (nSPS) is 11.8. The third-order valence-corrected chi connectivity index (χ3v) is 4.33. The van der Waals surface area contributed by atoms with E-state index in [9.17, 15) is 0 Å². The van der Waals surface area contributed by atoms with Crippen LogP contribution in [-0.4, -0.2) is 21.1 Å². The first kappa shape index (κ1) is 12.3. The van der Waals surface area contributed by atoms with Gasteiger partial charge in [-0.1, -0.05) is 12.1 Å². The van der Waals surface area contributed by atoms with Gasteiger partial charge in [0.25, 0.3) is 0 Å². The zero-order valence-electron chi connectivity index (χ0n) is 12.6. The number of fused-ring (bicyclic) bond motifs is 5. The van der Waals surface area contributed by atoms with Gasteiger partial charge in [0.15, 0.2) is 0 Å². The first-order chi connectivity index (χ1) is 10.1. The number of ether oxygens (including phenoxy) is 1. The van der Waals surface area contributed by atoms with Crippen LogP contribution in [0.3, 0.4) is 0 Å². The van der Waals surface area contributed by atoms with Crippen LogP contribution in [0.5, 0.6) is 5.75 Å². The first-order valence-electron chi connectivity index (χ1n) is 7.03. The molecule has 0 spiro atoms. The van der Waals surface area contributed by atoms with Gasteiger partial charge in [-0.05, 0) is 37.6 Å². The van der Waals surface area contributed by atoms with Crippen molar-refractivity contribution in [1.29, 1.82) is 0 Å². The predicted octanol–water partition coefficient (Wildman–Crippen LogP) is 3.60. The number of nitrogens with zero attached hydrogens (tertiary/aromatic N) is 3. The molecule has 0 aliphatic rings. The molecule has 0 fully saturated rings. The number of benzene rings is 2. The summed E-state index contributed by atoms with van der Waals surface area (Å²) in [6.45, 7) is 4.19. The zero-order valence-corrected chi connectivity index (χ0v) is 12.6. The molecule has 0 N–H and O–H groups in total. The molecule has 0 saturated heterocycles. The molecule has 0 atom stereocenters. The van der Waals surface area contributed by atoms with Crippen molar-refractivity contribution in [2.75, 3.05) is 7.11 Å². The van der Waals surface area contributed by atoms with Gasteiger partial charge in [0.1, 0.15) is 5.75 Å². The Balaban J connectivity index is 2.29. The minimum absolute atomic E-state index is 0.909. The quantitative estimate of drug-likeness (QED) is 0.533. The maximum atomic E-state index is 5.44. The molecule has 2 aromatic carbocycles. The molecule has 2 aromatic heterocycles. The molecule has 4 aromatic rings. The Kier molecular flexibility index (Phi) is 2.34. The summed E-state index contributed by atoms with van der Waals surface area (Å²) in [5.41, 5.74) is 6.90. The van der Waals surface area contributed by atoms with Gasteiger partial charge < -0.3 is 9.30 Å². The molecule has 0 aliphatic carbocycles. The predicted molar refractivity (Wildman–Crippen MR) is 85.2 cm³/mol. The van der Waals surface area contributed by atoms with Crippen LogP contribution in [0.2, 0.25) is 0 Å². The van der Waals surface area contributed by atoms with Gasteiger partial charge in [-0.25, -0.2) is 4.98 Å². The van der Waals surface area contributed by atoms with Gasteiger partial charge in [-0.15, -0.1) is 0 Å². The third kappa shape index (κ3) is 1.42. The highest BCUT2D eigenvalue weighted by atomic mass is 16.5. The molecule has 4 rings (SSSR count).